The summed E-state index contributed by atoms with van der Waals surface area (Å²) in [6, 6.07) is 3.37. The summed E-state index contributed by atoms with van der Waals surface area (Å²) in [5.41, 5.74) is 0.744. The zero-order valence-electron chi connectivity index (χ0n) is 15.2. The predicted octanol–water partition coefficient (Wildman–Crippen LogP) is 3.97. The molecule has 1 atom stereocenters. The van der Waals surface area contributed by atoms with E-state index in [2.05, 4.69) is 10.3 Å². The Balaban J connectivity index is 2.31. The van der Waals surface area contributed by atoms with Gasteiger partial charge in [-0.25, -0.2) is 9.78 Å². The van der Waals surface area contributed by atoms with Gasteiger partial charge in [0.05, 0.1) is 22.8 Å². The third-order valence-electron chi connectivity index (χ3n) is 3.68. The maximum Gasteiger partial charge on any atom is 0.330 e. The first-order valence-electron chi connectivity index (χ1n) is 7.89. The fourth-order valence-electron chi connectivity index (χ4n) is 2.27. The van der Waals surface area contributed by atoms with Crippen molar-refractivity contribution in [2.24, 2.45) is 0 Å². The number of benzene rings is 1. The van der Waals surface area contributed by atoms with E-state index in [1.165, 1.54) is 24.5 Å². The number of halogens is 1. The van der Waals surface area contributed by atoms with E-state index in [9.17, 15) is 14.7 Å². The van der Waals surface area contributed by atoms with Crippen LogP contribution >= 0.6 is 22.9 Å². The lowest BCUT2D eigenvalue weighted by Gasteiger charge is -2.16. The number of carbonyl (C=O) groups is 2. The number of methoxy groups -OCH3 is 1. The quantitative estimate of drug-likeness (QED) is 0.798. The van der Waals surface area contributed by atoms with Gasteiger partial charge in [-0.3, -0.25) is 4.79 Å². The van der Waals surface area contributed by atoms with Crippen molar-refractivity contribution in [2.75, 3.05) is 7.11 Å². The number of aliphatic carboxylic acids is 1. The van der Waals surface area contributed by atoms with Crippen LogP contribution in [0.4, 0.5) is 0 Å². The number of aromatic nitrogens is 1. The van der Waals surface area contributed by atoms with Gasteiger partial charge in [0.1, 0.15) is 10.6 Å². The maximum absolute atomic E-state index is 12.6. The molecule has 2 rings (SSSR count). The molecule has 140 valence electrons. The predicted molar refractivity (Wildman–Crippen MR) is 101 cm³/mol. The Morgan fingerprint density at radius 3 is 2.46 bits per heavy atom. The lowest BCUT2D eigenvalue weighted by Crippen LogP contribution is -2.33. The van der Waals surface area contributed by atoms with Crippen LogP contribution in [0.2, 0.25) is 5.02 Å². The smallest absolute Gasteiger partial charge is 0.330 e. The molecule has 8 heteroatoms. The molecule has 0 aliphatic rings. The largest absolute Gasteiger partial charge is 0.495 e. The molecule has 1 aromatic heterocycles. The van der Waals surface area contributed by atoms with Crippen molar-refractivity contribution < 1.29 is 19.4 Å². The second-order valence-electron chi connectivity index (χ2n) is 6.82. The highest BCUT2D eigenvalue weighted by Gasteiger charge is 2.27. The minimum Gasteiger partial charge on any atom is -0.495 e. The van der Waals surface area contributed by atoms with E-state index in [0.717, 1.165) is 5.01 Å². The molecule has 0 saturated heterocycles. The molecule has 1 unspecified atom stereocenters. The number of carboxylic acids is 1. The van der Waals surface area contributed by atoms with Crippen LogP contribution in [-0.4, -0.2) is 29.1 Å². The fourth-order valence-corrected chi connectivity index (χ4v) is 3.57. The first kappa shape index (κ1) is 20.2. The van der Waals surface area contributed by atoms with Gasteiger partial charge in [-0.1, -0.05) is 38.4 Å². The summed E-state index contributed by atoms with van der Waals surface area (Å²) in [5.74, 6) is -1.23. The number of amides is 1. The van der Waals surface area contributed by atoms with Gasteiger partial charge >= 0.3 is 5.97 Å². The van der Waals surface area contributed by atoms with Crippen molar-refractivity contribution in [3.63, 3.8) is 0 Å². The molecule has 2 N–H and O–H groups in total. The molecule has 0 radical (unpaired) electrons. The molecular weight excluding hydrogens is 376 g/mol. The number of nitrogens with one attached hydrogen (secondary N) is 1. The van der Waals surface area contributed by atoms with Crippen molar-refractivity contribution >= 4 is 34.8 Å². The molecule has 6 nitrogen and oxygen atoms in total. The summed E-state index contributed by atoms with van der Waals surface area (Å²) in [7, 11) is 1.47. The monoisotopic (exact) mass is 396 g/mol. The SMILES string of the molecule is COc1ccc(C(NC(=O)c2sc(C(C)(C)C)nc2C)C(=O)O)cc1Cl. The maximum atomic E-state index is 12.6. The topological polar surface area (TPSA) is 88.5 Å². The minimum absolute atomic E-state index is 0.191. The number of hydrogen-bond donors (Lipinski definition) is 2. The number of nitrogens with zero attached hydrogens (tertiary/aromatic N) is 1. The van der Waals surface area contributed by atoms with E-state index in [1.807, 2.05) is 20.8 Å². The molecule has 1 amide bonds. The van der Waals surface area contributed by atoms with Crippen molar-refractivity contribution in [3.05, 3.63) is 44.4 Å². The molecule has 1 aromatic carbocycles. The Bertz CT molecular complexity index is 842. The highest BCUT2D eigenvalue weighted by molar-refractivity contribution is 7.14. The average Bonchev–Trinajstić information content (AvgIpc) is 2.94. The Morgan fingerprint density at radius 1 is 1.35 bits per heavy atom. The van der Waals surface area contributed by atoms with Crippen molar-refractivity contribution in [1.82, 2.24) is 10.3 Å². The first-order chi connectivity index (χ1) is 12.0. The summed E-state index contributed by atoms with van der Waals surface area (Å²) < 4.78 is 5.07. The number of carbonyl (C=O) groups excluding carboxylic acids is 1. The molecule has 0 aliphatic carbocycles. The second kappa shape index (κ2) is 7.63. The van der Waals surface area contributed by atoms with E-state index in [4.69, 9.17) is 16.3 Å². The fraction of sp³-hybridized carbons (Fsp3) is 0.389. The number of aryl methyl sites for hydroxylation is 1. The number of thiazole rings is 1. The lowest BCUT2D eigenvalue weighted by atomic mass is 9.98. The second-order valence-corrected chi connectivity index (χ2v) is 8.23. The van der Waals surface area contributed by atoms with Crippen molar-refractivity contribution in [1.29, 1.82) is 0 Å². The van der Waals surface area contributed by atoms with Crippen LogP contribution in [0.1, 0.15) is 52.7 Å². The zero-order chi connectivity index (χ0) is 19.6. The lowest BCUT2D eigenvalue weighted by molar-refractivity contribution is -0.139. The van der Waals surface area contributed by atoms with Crippen LogP contribution in [-0.2, 0) is 10.2 Å². The number of carboxylic acid groups (broad SMARTS) is 1. The summed E-state index contributed by atoms with van der Waals surface area (Å²) in [6.45, 7) is 7.76. The average molecular weight is 397 g/mol. The first-order valence-corrected chi connectivity index (χ1v) is 9.09. The highest BCUT2D eigenvalue weighted by Crippen LogP contribution is 2.31. The van der Waals surface area contributed by atoms with Crippen molar-refractivity contribution in [3.8, 4) is 5.75 Å². The molecule has 26 heavy (non-hydrogen) atoms. The number of ether oxygens (including phenoxy) is 1. The normalized spacial score (nSPS) is 12.5. The molecule has 0 saturated carbocycles. The molecule has 0 bridgehead atoms. The zero-order valence-corrected chi connectivity index (χ0v) is 16.8. The van der Waals surface area contributed by atoms with Crippen LogP contribution in [0, 0.1) is 6.92 Å². The number of rotatable bonds is 5. The summed E-state index contributed by atoms with van der Waals surface area (Å²) >= 11 is 7.34. The van der Waals surface area contributed by atoms with E-state index in [1.54, 1.807) is 19.1 Å². The molecular formula is C18H21ClN2O4S. The third-order valence-corrected chi connectivity index (χ3v) is 5.55. The van der Waals surface area contributed by atoms with E-state index in [-0.39, 0.29) is 10.4 Å². The van der Waals surface area contributed by atoms with Gasteiger partial charge in [0.15, 0.2) is 6.04 Å². The third kappa shape index (κ3) is 4.34. The summed E-state index contributed by atoms with van der Waals surface area (Å²) in [6.07, 6.45) is 0. The Kier molecular flexibility index (Phi) is 5.93. The molecule has 0 aliphatic heterocycles. The molecule has 1 heterocycles. The van der Waals surface area contributed by atoms with E-state index < -0.39 is 17.9 Å². The van der Waals surface area contributed by atoms with Gasteiger partial charge in [-0.15, -0.1) is 11.3 Å². The van der Waals surface area contributed by atoms with Crippen LogP contribution in [0.15, 0.2) is 18.2 Å². The van der Waals surface area contributed by atoms with E-state index in [0.29, 0.717) is 21.9 Å². The molecule has 0 fully saturated rings. The van der Waals surface area contributed by atoms with E-state index >= 15 is 0 Å². The van der Waals surface area contributed by atoms with Gasteiger partial charge in [-0.2, -0.15) is 0 Å². The van der Waals surface area contributed by atoms with Crippen LogP contribution in [0.5, 0.6) is 5.75 Å². The summed E-state index contributed by atoms with van der Waals surface area (Å²) in [4.78, 5) is 29.2. The van der Waals surface area contributed by atoms with Crippen LogP contribution in [0.3, 0.4) is 0 Å². The Morgan fingerprint density at radius 2 is 2.00 bits per heavy atom. The van der Waals surface area contributed by atoms with Gasteiger partial charge in [-0.05, 0) is 24.6 Å². The number of hydrogen-bond acceptors (Lipinski definition) is 5. The van der Waals surface area contributed by atoms with Gasteiger partial charge in [0, 0.05) is 5.41 Å². The Labute approximate surface area is 161 Å². The minimum atomic E-state index is -1.23. The molecule has 0 spiro atoms. The highest BCUT2D eigenvalue weighted by atomic mass is 35.5. The Hall–Kier alpha value is -2.12. The van der Waals surface area contributed by atoms with Crippen LogP contribution in [0.25, 0.3) is 0 Å². The van der Waals surface area contributed by atoms with Crippen molar-refractivity contribution in [2.45, 2.75) is 39.2 Å². The standard InChI is InChI=1S/C18H21ClN2O4S/c1-9-14(26-17(20-9)18(2,3)4)15(22)21-13(16(23)24)10-6-7-12(25-5)11(19)8-10/h6-8,13H,1-5H3,(H,21,22)(H,23,24). The molecule has 2 aromatic rings. The van der Waals surface area contributed by atoms with Crippen LogP contribution < -0.4 is 10.1 Å². The van der Waals surface area contributed by atoms with Gasteiger partial charge in [0.2, 0.25) is 0 Å². The van der Waals surface area contributed by atoms with Gasteiger partial charge in [0.25, 0.3) is 5.91 Å². The summed E-state index contributed by atoms with van der Waals surface area (Å²) in [5, 5.41) is 13.2. The van der Waals surface area contributed by atoms with Gasteiger partial charge < -0.3 is 15.2 Å².